The van der Waals surface area contributed by atoms with Gasteiger partial charge in [-0.15, -0.1) is 11.3 Å². The van der Waals surface area contributed by atoms with Gasteiger partial charge in [-0.25, -0.2) is 9.97 Å². The average molecular weight is 258 g/mol. The summed E-state index contributed by atoms with van der Waals surface area (Å²) in [6, 6.07) is 6.13. The summed E-state index contributed by atoms with van der Waals surface area (Å²) in [5.41, 5.74) is 9.20. The minimum absolute atomic E-state index is 0.548. The summed E-state index contributed by atoms with van der Waals surface area (Å²) in [7, 11) is 0. The van der Waals surface area contributed by atoms with Crippen LogP contribution in [0.15, 0.2) is 24.4 Å². The molecule has 0 radical (unpaired) electrons. The normalized spacial score (nSPS) is 11.2. The number of nitrogen functional groups attached to an aromatic ring is 1. The topological polar surface area (TPSA) is 56.7 Å². The van der Waals surface area contributed by atoms with E-state index in [0.29, 0.717) is 12.5 Å². The first-order chi connectivity index (χ1) is 8.65. The summed E-state index contributed by atoms with van der Waals surface area (Å²) in [4.78, 5) is 10.0. The van der Waals surface area contributed by atoms with E-state index in [-0.39, 0.29) is 0 Å². The summed E-state index contributed by atoms with van der Waals surface area (Å²) < 4.78 is 2.01. The van der Waals surface area contributed by atoms with Crippen molar-refractivity contribution >= 4 is 28.3 Å². The Morgan fingerprint density at radius 2 is 2.17 bits per heavy atom. The third-order valence-electron chi connectivity index (χ3n) is 2.97. The number of anilines is 1. The van der Waals surface area contributed by atoms with Gasteiger partial charge in [0.15, 0.2) is 0 Å². The predicted octanol–water partition coefficient (Wildman–Crippen LogP) is 2.74. The van der Waals surface area contributed by atoms with Crippen molar-refractivity contribution in [1.82, 2.24) is 14.5 Å². The summed E-state index contributed by atoms with van der Waals surface area (Å²) in [5.74, 6) is 0.548. The minimum atomic E-state index is 0.548. The van der Waals surface area contributed by atoms with E-state index < -0.39 is 0 Å². The lowest BCUT2D eigenvalue weighted by atomic mass is 10.2. The summed E-state index contributed by atoms with van der Waals surface area (Å²) >= 11 is 1.69. The van der Waals surface area contributed by atoms with Crippen LogP contribution < -0.4 is 5.73 Å². The van der Waals surface area contributed by atoms with Crippen LogP contribution in [0.25, 0.3) is 11.0 Å². The molecule has 0 saturated heterocycles. The number of rotatable bonds is 2. The molecule has 3 rings (SSSR count). The Kier molecular flexibility index (Phi) is 2.56. The Bertz CT molecular complexity index is 711. The van der Waals surface area contributed by atoms with Gasteiger partial charge in [-0.05, 0) is 25.5 Å². The van der Waals surface area contributed by atoms with Crippen LogP contribution in [0.4, 0.5) is 5.95 Å². The van der Waals surface area contributed by atoms with Crippen LogP contribution in [-0.4, -0.2) is 14.5 Å². The van der Waals surface area contributed by atoms with Crippen molar-refractivity contribution in [2.45, 2.75) is 20.4 Å². The van der Waals surface area contributed by atoms with E-state index in [0.717, 1.165) is 21.6 Å². The molecule has 0 amide bonds. The number of para-hydroxylation sites is 1. The van der Waals surface area contributed by atoms with E-state index in [2.05, 4.69) is 16.9 Å². The van der Waals surface area contributed by atoms with Crippen molar-refractivity contribution in [3.05, 3.63) is 39.8 Å². The number of fused-ring (bicyclic) bond motifs is 1. The van der Waals surface area contributed by atoms with Crippen molar-refractivity contribution in [3.63, 3.8) is 0 Å². The summed E-state index contributed by atoms with van der Waals surface area (Å²) in [6.07, 6.45) is 1.89. The highest BCUT2D eigenvalue weighted by Crippen LogP contribution is 2.23. The largest absolute Gasteiger partial charge is 0.369 e. The van der Waals surface area contributed by atoms with Crippen molar-refractivity contribution < 1.29 is 0 Å². The lowest BCUT2D eigenvalue weighted by Gasteiger charge is -2.03. The molecule has 92 valence electrons. The molecule has 5 heteroatoms. The number of aromatic nitrogens is 3. The molecule has 3 aromatic rings. The van der Waals surface area contributed by atoms with Gasteiger partial charge in [-0.2, -0.15) is 0 Å². The highest BCUT2D eigenvalue weighted by molar-refractivity contribution is 7.11. The van der Waals surface area contributed by atoms with Crippen LogP contribution in [0.5, 0.6) is 0 Å². The lowest BCUT2D eigenvalue weighted by Crippen LogP contribution is -2.04. The molecular formula is C13H14N4S. The molecule has 0 aliphatic carbocycles. The molecule has 0 fully saturated rings. The second kappa shape index (κ2) is 4.10. The van der Waals surface area contributed by atoms with Gasteiger partial charge in [0.2, 0.25) is 5.95 Å². The molecule has 0 spiro atoms. The molecule has 4 nitrogen and oxygen atoms in total. The molecule has 0 aliphatic rings. The molecule has 2 N–H and O–H groups in total. The quantitative estimate of drug-likeness (QED) is 0.769. The van der Waals surface area contributed by atoms with Crippen molar-refractivity contribution in [2.24, 2.45) is 0 Å². The first kappa shape index (κ1) is 11.2. The van der Waals surface area contributed by atoms with Gasteiger partial charge >= 0.3 is 0 Å². The zero-order chi connectivity index (χ0) is 12.7. The highest BCUT2D eigenvalue weighted by Gasteiger charge is 2.11. The average Bonchev–Trinajstić information content (AvgIpc) is 2.87. The van der Waals surface area contributed by atoms with Gasteiger partial charge in [0.1, 0.15) is 5.01 Å². The van der Waals surface area contributed by atoms with E-state index in [1.165, 1.54) is 4.88 Å². The highest BCUT2D eigenvalue weighted by atomic mass is 32.1. The molecule has 2 heterocycles. The first-order valence-electron chi connectivity index (χ1n) is 5.78. The van der Waals surface area contributed by atoms with Crippen LogP contribution in [0, 0.1) is 13.8 Å². The van der Waals surface area contributed by atoms with E-state index in [1.807, 2.05) is 35.9 Å². The third-order valence-corrected chi connectivity index (χ3v) is 3.87. The zero-order valence-electron chi connectivity index (χ0n) is 10.3. The van der Waals surface area contributed by atoms with Gasteiger partial charge in [-0.3, -0.25) is 0 Å². The molecular weight excluding hydrogens is 244 g/mol. The van der Waals surface area contributed by atoms with Crippen molar-refractivity contribution in [3.8, 4) is 0 Å². The number of benzene rings is 1. The monoisotopic (exact) mass is 258 g/mol. The fraction of sp³-hybridized carbons (Fsp3) is 0.231. The number of nitrogens with two attached hydrogens (primary N) is 1. The van der Waals surface area contributed by atoms with Gasteiger partial charge in [0.25, 0.3) is 0 Å². The number of thiazole rings is 1. The fourth-order valence-corrected chi connectivity index (χ4v) is 2.86. The van der Waals surface area contributed by atoms with Crippen LogP contribution >= 0.6 is 11.3 Å². The van der Waals surface area contributed by atoms with E-state index in [9.17, 15) is 0 Å². The van der Waals surface area contributed by atoms with E-state index in [1.54, 1.807) is 11.3 Å². The number of hydrogen-bond acceptors (Lipinski definition) is 4. The predicted molar refractivity (Wildman–Crippen MR) is 74.8 cm³/mol. The second-order valence-electron chi connectivity index (χ2n) is 4.36. The van der Waals surface area contributed by atoms with Crippen LogP contribution in [-0.2, 0) is 6.54 Å². The third kappa shape index (κ3) is 1.76. The Morgan fingerprint density at radius 1 is 1.33 bits per heavy atom. The fourth-order valence-electron chi connectivity index (χ4n) is 2.08. The summed E-state index contributed by atoms with van der Waals surface area (Å²) in [5, 5.41) is 1.06. The summed E-state index contributed by atoms with van der Waals surface area (Å²) in [6.45, 7) is 4.79. The molecule has 2 aromatic heterocycles. The van der Waals surface area contributed by atoms with E-state index >= 15 is 0 Å². The minimum Gasteiger partial charge on any atom is -0.369 e. The maximum Gasteiger partial charge on any atom is 0.201 e. The van der Waals surface area contributed by atoms with Gasteiger partial charge < -0.3 is 10.3 Å². The van der Waals surface area contributed by atoms with Crippen LogP contribution in [0.3, 0.4) is 0 Å². The maximum absolute atomic E-state index is 6.01. The Hall–Kier alpha value is -1.88. The Morgan fingerprint density at radius 3 is 2.89 bits per heavy atom. The molecule has 0 unspecified atom stereocenters. The van der Waals surface area contributed by atoms with Crippen molar-refractivity contribution in [2.75, 3.05) is 5.73 Å². The zero-order valence-corrected chi connectivity index (χ0v) is 11.2. The molecule has 1 aromatic carbocycles. The Balaban J connectivity index is 2.11. The van der Waals surface area contributed by atoms with Gasteiger partial charge in [0, 0.05) is 11.1 Å². The number of nitrogens with zero attached hydrogens (tertiary/aromatic N) is 3. The maximum atomic E-state index is 6.01. The lowest BCUT2D eigenvalue weighted by molar-refractivity contribution is 0.829. The van der Waals surface area contributed by atoms with E-state index in [4.69, 9.17) is 5.73 Å². The van der Waals surface area contributed by atoms with Gasteiger partial charge in [0.05, 0.1) is 17.6 Å². The molecule has 0 saturated carbocycles. The van der Waals surface area contributed by atoms with Crippen LogP contribution in [0.2, 0.25) is 0 Å². The number of imidazole rings is 1. The van der Waals surface area contributed by atoms with Crippen molar-refractivity contribution in [1.29, 1.82) is 0 Å². The first-order valence-corrected chi connectivity index (χ1v) is 6.59. The van der Waals surface area contributed by atoms with Gasteiger partial charge in [-0.1, -0.05) is 12.1 Å². The number of aryl methyl sites for hydroxylation is 2. The Labute approximate surface area is 109 Å². The molecule has 0 atom stereocenters. The molecule has 0 bridgehead atoms. The SMILES string of the molecule is Cc1cnc(Cn2c(N)nc3c(C)cccc32)s1. The molecule has 0 aliphatic heterocycles. The number of hydrogen-bond donors (Lipinski definition) is 1. The molecule has 18 heavy (non-hydrogen) atoms. The van der Waals surface area contributed by atoms with Crippen LogP contribution in [0.1, 0.15) is 15.4 Å². The second-order valence-corrected chi connectivity index (χ2v) is 5.68. The standard InChI is InChI=1S/C13H14N4S/c1-8-4-3-5-10-12(8)16-13(14)17(10)7-11-15-6-9(2)18-11/h3-6H,7H2,1-2H3,(H2,14,16). The smallest absolute Gasteiger partial charge is 0.201 e.